The van der Waals surface area contributed by atoms with E-state index in [2.05, 4.69) is 0 Å². The smallest absolute Gasteiger partial charge is 0.287 e. The number of carbonyl (C=O) groups excluding carboxylic acids is 1. The lowest BCUT2D eigenvalue weighted by Gasteiger charge is -2.01. The van der Waals surface area contributed by atoms with Gasteiger partial charge in [0.2, 0.25) is 12.3 Å². The van der Waals surface area contributed by atoms with Crippen LogP contribution in [0.15, 0.2) is 66.9 Å². The van der Waals surface area contributed by atoms with E-state index in [1.54, 1.807) is 30.5 Å². The molecule has 98 valence electrons. The van der Waals surface area contributed by atoms with E-state index in [-0.39, 0.29) is 12.3 Å². The summed E-state index contributed by atoms with van der Waals surface area (Å²) in [6, 6.07) is 17.9. The van der Waals surface area contributed by atoms with Gasteiger partial charge in [-0.05, 0) is 11.5 Å². The summed E-state index contributed by atoms with van der Waals surface area (Å²) in [5.41, 5.74) is 0.590. The average Bonchev–Trinajstić information content (AvgIpc) is 2.49. The number of fused-ring (bicyclic) bond motifs is 1. The highest BCUT2D eigenvalue weighted by Gasteiger charge is 2.17. The Morgan fingerprint density at radius 2 is 1.60 bits per heavy atom. The molecule has 0 aliphatic rings. The highest BCUT2D eigenvalue weighted by atomic mass is 19.1. The van der Waals surface area contributed by atoms with Crippen molar-refractivity contribution in [3.05, 3.63) is 78.4 Å². The zero-order chi connectivity index (χ0) is 13.9. The summed E-state index contributed by atoms with van der Waals surface area (Å²) in [6.07, 6.45) is 1.67. The second kappa shape index (κ2) is 5.21. The molecule has 0 unspecified atom stereocenters. The molecule has 0 spiro atoms. The van der Waals surface area contributed by atoms with Gasteiger partial charge in [0.15, 0.2) is 6.20 Å². The molecule has 0 saturated carbocycles. The zero-order valence-electron chi connectivity index (χ0n) is 10.8. The summed E-state index contributed by atoms with van der Waals surface area (Å²) >= 11 is 0. The molecule has 0 atom stereocenters. The van der Waals surface area contributed by atoms with Crippen molar-refractivity contribution in [3.63, 3.8) is 0 Å². The quantitative estimate of drug-likeness (QED) is 0.405. The van der Waals surface area contributed by atoms with Crippen molar-refractivity contribution in [2.24, 2.45) is 0 Å². The Balaban J connectivity index is 1.95. The second-order valence-electron chi connectivity index (χ2n) is 4.64. The maximum absolute atomic E-state index is 14.0. The molecule has 3 heteroatoms. The molecule has 3 aromatic rings. The molecule has 0 radical (unpaired) electrons. The summed E-state index contributed by atoms with van der Waals surface area (Å²) in [5, 5.41) is 1.74. The minimum Gasteiger partial charge on any atom is -0.287 e. The maximum Gasteiger partial charge on any atom is 0.360 e. The fourth-order valence-corrected chi connectivity index (χ4v) is 2.19. The van der Waals surface area contributed by atoms with Crippen LogP contribution in [0.1, 0.15) is 10.4 Å². The number of ketones is 1. The molecule has 0 aliphatic heterocycles. The number of pyridine rings is 1. The zero-order valence-corrected chi connectivity index (χ0v) is 10.8. The maximum atomic E-state index is 14.0. The molecule has 1 heterocycles. The first-order chi connectivity index (χ1) is 9.74. The Bertz CT molecular complexity index is 768. The number of Topliss-reactive ketones (excluding diaryl/α,β-unsaturated/α-hetero) is 1. The molecular formula is C17H13FNO+. The normalized spacial score (nSPS) is 10.7. The summed E-state index contributed by atoms with van der Waals surface area (Å²) in [5.74, 6) is -0.516. The molecule has 3 rings (SSSR count). The molecule has 20 heavy (non-hydrogen) atoms. The highest BCUT2D eigenvalue weighted by molar-refractivity contribution is 5.95. The Kier molecular flexibility index (Phi) is 3.25. The number of rotatable bonds is 3. The fourth-order valence-electron chi connectivity index (χ4n) is 2.19. The largest absolute Gasteiger partial charge is 0.360 e. The van der Waals surface area contributed by atoms with Gasteiger partial charge in [0.05, 0.1) is 0 Å². The number of hydrogen-bond acceptors (Lipinski definition) is 1. The molecule has 0 aliphatic carbocycles. The van der Waals surface area contributed by atoms with Gasteiger partial charge in [0.25, 0.3) is 0 Å². The lowest BCUT2D eigenvalue weighted by atomic mass is 10.1. The van der Waals surface area contributed by atoms with Gasteiger partial charge in [-0.1, -0.05) is 48.5 Å². The first kappa shape index (κ1) is 12.5. The van der Waals surface area contributed by atoms with Gasteiger partial charge in [0, 0.05) is 17.0 Å². The Hall–Kier alpha value is -2.55. The molecule has 0 saturated heterocycles. The molecule has 2 nitrogen and oxygen atoms in total. The van der Waals surface area contributed by atoms with Gasteiger partial charge in [-0.15, -0.1) is 4.39 Å². The second-order valence-corrected chi connectivity index (χ2v) is 4.64. The standard InChI is InChI=1S/C17H13FNO/c18-17-10-14-8-4-5-9-15(14)11-19(17)12-16(20)13-6-2-1-3-7-13/h1-11H,12H2/q+1. The molecule has 0 bridgehead atoms. The third-order valence-electron chi connectivity index (χ3n) is 3.25. The van der Waals surface area contributed by atoms with Crippen LogP contribution in [-0.4, -0.2) is 5.78 Å². The van der Waals surface area contributed by atoms with Gasteiger partial charge < -0.3 is 0 Å². The summed E-state index contributed by atoms with van der Waals surface area (Å²) in [4.78, 5) is 12.1. The first-order valence-corrected chi connectivity index (χ1v) is 6.40. The van der Waals surface area contributed by atoms with Crippen LogP contribution in [0.2, 0.25) is 0 Å². The Morgan fingerprint density at radius 1 is 0.950 bits per heavy atom. The number of aromatic nitrogens is 1. The van der Waals surface area contributed by atoms with Crippen molar-refractivity contribution in [2.75, 3.05) is 0 Å². The third-order valence-corrected chi connectivity index (χ3v) is 3.25. The predicted octanol–water partition coefficient (Wildman–Crippen LogP) is 3.15. The minimum absolute atomic E-state index is 0.000676. The van der Waals surface area contributed by atoms with E-state index in [1.807, 2.05) is 30.3 Å². The molecule has 0 fully saturated rings. The molecule has 1 aromatic heterocycles. The summed E-state index contributed by atoms with van der Waals surface area (Å²) in [6.45, 7) is 0.000676. The molecule has 0 amide bonds. The molecular weight excluding hydrogens is 253 g/mol. The lowest BCUT2D eigenvalue weighted by Crippen LogP contribution is -2.41. The van der Waals surface area contributed by atoms with Crippen LogP contribution in [0.3, 0.4) is 0 Å². The minimum atomic E-state index is -0.409. The Labute approximate surface area is 116 Å². The van der Waals surface area contributed by atoms with Crippen LogP contribution in [0, 0.1) is 5.95 Å². The van der Waals surface area contributed by atoms with E-state index in [9.17, 15) is 9.18 Å². The van der Waals surface area contributed by atoms with Crippen LogP contribution in [0.4, 0.5) is 4.39 Å². The number of nitrogens with zero attached hydrogens (tertiary/aromatic N) is 1. The van der Waals surface area contributed by atoms with E-state index < -0.39 is 5.95 Å². The summed E-state index contributed by atoms with van der Waals surface area (Å²) < 4.78 is 15.4. The Morgan fingerprint density at radius 3 is 2.35 bits per heavy atom. The molecule has 0 N–H and O–H groups in total. The topological polar surface area (TPSA) is 20.9 Å². The SMILES string of the molecule is O=C(C[n+]1cc2ccccc2cc1F)c1ccccc1. The lowest BCUT2D eigenvalue weighted by molar-refractivity contribution is -0.709. The van der Waals surface area contributed by atoms with Crippen LogP contribution < -0.4 is 4.57 Å². The summed E-state index contributed by atoms with van der Waals surface area (Å²) in [7, 11) is 0. The van der Waals surface area contributed by atoms with Gasteiger partial charge in [-0.3, -0.25) is 4.79 Å². The van der Waals surface area contributed by atoms with Crippen molar-refractivity contribution in [1.29, 1.82) is 0 Å². The van der Waals surface area contributed by atoms with Crippen LogP contribution in [0.5, 0.6) is 0 Å². The number of hydrogen-bond donors (Lipinski definition) is 0. The van der Waals surface area contributed by atoms with Crippen molar-refractivity contribution < 1.29 is 13.8 Å². The fraction of sp³-hybridized carbons (Fsp3) is 0.0588. The van der Waals surface area contributed by atoms with Crippen LogP contribution in [0.25, 0.3) is 10.8 Å². The highest BCUT2D eigenvalue weighted by Crippen LogP contribution is 2.12. The van der Waals surface area contributed by atoms with E-state index >= 15 is 0 Å². The van der Waals surface area contributed by atoms with E-state index in [1.165, 1.54) is 10.6 Å². The van der Waals surface area contributed by atoms with Crippen molar-refractivity contribution >= 4 is 16.6 Å². The van der Waals surface area contributed by atoms with Gasteiger partial charge in [-0.25, -0.2) is 0 Å². The van der Waals surface area contributed by atoms with Gasteiger partial charge >= 0.3 is 5.95 Å². The van der Waals surface area contributed by atoms with Crippen molar-refractivity contribution in [1.82, 2.24) is 0 Å². The third kappa shape index (κ3) is 2.43. The van der Waals surface area contributed by atoms with E-state index in [0.29, 0.717) is 5.56 Å². The van der Waals surface area contributed by atoms with Gasteiger partial charge in [-0.2, -0.15) is 4.57 Å². The van der Waals surface area contributed by atoms with E-state index in [0.717, 1.165) is 10.8 Å². The van der Waals surface area contributed by atoms with Crippen LogP contribution in [-0.2, 0) is 6.54 Å². The predicted molar refractivity (Wildman–Crippen MR) is 74.9 cm³/mol. The number of carbonyl (C=O) groups is 1. The molecule has 2 aromatic carbocycles. The van der Waals surface area contributed by atoms with Crippen molar-refractivity contribution in [3.8, 4) is 0 Å². The number of halogens is 1. The van der Waals surface area contributed by atoms with E-state index in [4.69, 9.17) is 0 Å². The first-order valence-electron chi connectivity index (χ1n) is 6.40. The van der Waals surface area contributed by atoms with Gasteiger partial charge in [0.1, 0.15) is 0 Å². The van der Waals surface area contributed by atoms with Crippen molar-refractivity contribution in [2.45, 2.75) is 6.54 Å². The average molecular weight is 266 g/mol. The monoisotopic (exact) mass is 266 g/mol. The van der Waals surface area contributed by atoms with Crippen LogP contribution >= 0.6 is 0 Å². The number of benzene rings is 2.